The van der Waals surface area contributed by atoms with Gasteiger partial charge in [0.05, 0.1) is 0 Å². The molecule has 2 aromatic heterocycles. The molecule has 1 aliphatic carbocycles. The minimum absolute atomic E-state index is 0.110. The van der Waals surface area contributed by atoms with Gasteiger partial charge in [0, 0.05) is 42.5 Å². The van der Waals surface area contributed by atoms with Crippen LogP contribution >= 0.6 is 0 Å². The monoisotopic (exact) mass is 460 g/mol. The first-order valence-corrected chi connectivity index (χ1v) is 12.9. The van der Waals surface area contributed by atoms with Gasteiger partial charge in [-0.1, -0.05) is 19.0 Å². The molecule has 1 amide bonds. The smallest absolute Gasteiger partial charge is 0.273 e. The van der Waals surface area contributed by atoms with E-state index in [0.29, 0.717) is 36.9 Å². The van der Waals surface area contributed by atoms with Gasteiger partial charge in [-0.05, 0) is 63.5 Å². The molecular weight excluding hydrogens is 428 g/mol. The van der Waals surface area contributed by atoms with Gasteiger partial charge >= 0.3 is 0 Å². The van der Waals surface area contributed by atoms with Crippen molar-refractivity contribution in [2.45, 2.75) is 82.2 Å². The molecule has 1 saturated carbocycles. The number of hydrogen-bond donors (Lipinski definition) is 1. The van der Waals surface area contributed by atoms with Crippen molar-refractivity contribution < 1.29 is 17.7 Å². The van der Waals surface area contributed by atoms with Crippen LogP contribution in [0.4, 0.5) is 0 Å². The van der Waals surface area contributed by atoms with Crippen LogP contribution < -0.4 is 5.32 Å². The molecule has 9 heteroatoms. The predicted molar refractivity (Wildman–Crippen MR) is 120 cm³/mol. The molecule has 1 N–H and O–H groups in total. The van der Waals surface area contributed by atoms with E-state index in [1.165, 1.54) is 10.5 Å². The predicted octanol–water partition coefficient (Wildman–Crippen LogP) is 3.51. The minimum Gasteiger partial charge on any atom is -0.360 e. The van der Waals surface area contributed by atoms with Crippen LogP contribution in [0.3, 0.4) is 0 Å². The Morgan fingerprint density at radius 3 is 2.69 bits per heavy atom. The lowest BCUT2D eigenvalue weighted by atomic mass is 10.0. The lowest BCUT2D eigenvalue weighted by Crippen LogP contribution is -2.50. The number of carbonyl (C=O) groups is 1. The van der Waals surface area contributed by atoms with Gasteiger partial charge in [-0.25, -0.2) is 8.42 Å². The van der Waals surface area contributed by atoms with Crippen LogP contribution in [0.1, 0.15) is 80.7 Å². The van der Waals surface area contributed by atoms with Crippen molar-refractivity contribution in [3.05, 3.63) is 41.5 Å². The Hall–Kier alpha value is -2.26. The third-order valence-corrected chi connectivity index (χ3v) is 8.27. The highest BCUT2D eigenvalue weighted by molar-refractivity contribution is 7.89. The van der Waals surface area contributed by atoms with Gasteiger partial charge in [-0.2, -0.15) is 4.31 Å². The van der Waals surface area contributed by atoms with Gasteiger partial charge in [0.2, 0.25) is 10.0 Å². The molecule has 2 aliphatic rings. The molecule has 8 nitrogen and oxygen atoms in total. The molecule has 1 saturated heterocycles. The number of aryl methyl sites for hydroxylation is 1. The van der Waals surface area contributed by atoms with E-state index in [1.807, 2.05) is 6.92 Å². The first kappa shape index (κ1) is 22.9. The fraction of sp³-hybridized carbons (Fsp3) is 0.609. The van der Waals surface area contributed by atoms with Gasteiger partial charge in [0.15, 0.2) is 5.69 Å². The van der Waals surface area contributed by atoms with E-state index in [2.05, 4.69) is 29.3 Å². The molecule has 174 valence electrons. The first-order chi connectivity index (χ1) is 15.2. The maximum Gasteiger partial charge on any atom is 0.273 e. The summed E-state index contributed by atoms with van der Waals surface area (Å²) in [6.45, 7) is 6.53. The zero-order chi connectivity index (χ0) is 22.9. The van der Waals surface area contributed by atoms with E-state index >= 15 is 0 Å². The number of pyridine rings is 1. The van der Waals surface area contributed by atoms with Crippen molar-refractivity contribution in [2.24, 2.45) is 5.92 Å². The molecule has 0 unspecified atom stereocenters. The number of piperidine rings is 1. The quantitative estimate of drug-likeness (QED) is 0.646. The summed E-state index contributed by atoms with van der Waals surface area (Å²) in [5.74, 6) is 1.48. The topological polar surface area (TPSA) is 105 Å². The lowest BCUT2D eigenvalue weighted by Gasteiger charge is -2.36. The standard InChI is InChI=1S/C23H32N4O4S/c1-15(2)4-7-18-8-9-20(14-24-18)32(29,30)27-11-10-19(12-16(27)3)25-23(28)21-13-22(31-26-21)17-5-6-17/h8-9,13-17,19H,4-7,10-12H2,1-3H3,(H,25,28)/t16-,19-/m1/s1. The SMILES string of the molecule is CC(C)CCc1ccc(S(=O)(=O)N2CC[C@@H](NC(=O)c3cc(C4CC4)on3)C[C@H]2C)cn1. The number of sulfonamides is 1. The van der Waals surface area contributed by atoms with Crippen molar-refractivity contribution in [1.82, 2.24) is 19.8 Å². The van der Waals surface area contributed by atoms with Crippen LogP contribution in [-0.2, 0) is 16.4 Å². The number of nitrogens with one attached hydrogen (secondary N) is 1. The average Bonchev–Trinajstić information content (AvgIpc) is 3.48. The van der Waals surface area contributed by atoms with Gasteiger partial charge in [0.1, 0.15) is 10.7 Å². The van der Waals surface area contributed by atoms with Gasteiger partial charge in [0.25, 0.3) is 5.91 Å². The highest BCUT2D eigenvalue weighted by atomic mass is 32.2. The molecule has 2 fully saturated rings. The number of nitrogens with zero attached hydrogens (tertiary/aromatic N) is 3. The molecule has 3 heterocycles. The van der Waals surface area contributed by atoms with Gasteiger partial charge in [-0.15, -0.1) is 0 Å². The van der Waals surface area contributed by atoms with Crippen LogP contribution in [0, 0.1) is 5.92 Å². The Labute approximate surface area is 189 Å². The Morgan fingerprint density at radius 2 is 2.06 bits per heavy atom. The largest absolute Gasteiger partial charge is 0.360 e. The van der Waals surface area contributed by atoms with Crippen molar-refractivity contribution in [3.63, 3.8) is 0 Å². The van der Waals surface area contributed by atoms with E-state index in [1.54, 1.807) is 18.2 Å². The fourth-order valence-electron chi connectivity index (χ4n) is 4.14. The summed E-state index contributed by atoms with van der Waals surface area (Å²) >= 11 is 0. The van der Waals surface area contributed by atoms with Crippen LogP contribution in [0.15, 0.2) is 33.8 Å². The maximum atomic E-state index is 13.2. The number of hydrogen-bond acceptors (Lipinski definition) is 6. The summed E-state index contributed by atoms with van der Waals surface area (Å²) in [6.07, 6.45) is 6.57. The molecular formula is C23H32N4O4S. The molecule has 0 radical (unpaired) electrons. The third kappa shape index (κ3) is 5.20. The third-order valence-electron chi connectivity index (χ3n) is 6.27. The van der Waals surface area contributed by atoms with Crippen LogP contribution in [0.25, 0.3) is 0 Å². The highest BCUT2D eigenvalue weighted by Gasteiger charge is 2.36. The molecule has 32 heavy (non-hydrogen) atoms. The van der Waals surface area contributed by atoms with Gasteiger partial charge in [-0.3, -0.25) is 9.78 Å². The van der Waals surface area contributed by atoms with E-state index < -0.39 is 10.0 Å². The van der Waals surface area contributed by atoms with E-state index in [9.17, 15) is 13.2 Å². The summed E-state index contributed by atoms with van der Waals surface area (Å²) in [4.78, 5) is 17.1. The van der Waals surface area contributed by atoms with E-state index in [-0.39, 0.29) is 22.9 Å². The number of amides is 1. The number of aromatic nitrogens is 2. The highest BCUT2D eigenvalue weighted by Crippen LogP contribution is 2.40. The Balaban J connectivity index is 1.35. The minimum atomic E-state index is -3.63. The fourth-order valence-corrected chi connectivity index (χ4v) is 5.74. The second kappa shape index (κ2) is 9.31. The summed E-state index contributed by atoms with van der Waals surface area (Å²) in [5, 5.41) is 6.87. The normalized spacial score (nSPS) is 22.2. The second-order valence-corrected chi connectivity index (χ2v) is 11.4. The summed E-state index contributed by atoms with van der Waals surface area (Å²) in [6, 6.07) is 4.83. The van der Waals surface area contributed by atoms with Crippen molar-refractivity contribution >= 4 is 15.9 Å². The van der Waals surface area contributed by atoms with Gasteiger partial charge < -0.3 is 9.84 Å². The van der Waals surface area contributed by atoms with Crippen LogP contribution in [0.2, 0.25) is 0 Å². The van der Waals surface area contributed by atoms with Crippen molar-refractivity contribution in [3.8, 4) is 0 Å². The second-order valence-electron chi connectivity index (χ2n) is 9.47. The molecule has 2 aromatic rings. The number of carbonyl (C=O) groups excluding carboxylic acids is 1. The van der Waals surface area contributed by atoms with Crippen LogP contribution in [0.5, 0.6) is 0 Å². The maximum absolute atomic E-state index is 13.2. The van der Waals surface area contributed by atoms with Crippen molar-refractivity contribution in [2.75, 3.05) is 6.54 Å². The molecule has 0 bridgehead atoms. The number of rotatable bonds is 8. The molecule has 0 spiro atoms. The molecule has 4 rings (SSSR count). The zero-order valence-corrected chi connectivity index (χ0v) is 19.8. The molecule has 1 aliphatic heterocycles. The Kier molecular flexibility index (Phi) is 6.67. The first-order valence-electron chi connectivity index (χ1n) is 11.5. The lowest BCUT2D eigenvalue weighted by molar-refractivity contribution is 0.0905. The summed E-state index contributed by atoms with van der Waals surface area (Å²) in [7, 11) is -3.63. The zero-order valence-electron chi connectivity index (χ0n) is 19.0. The Bertz CT molecular complexity index is 1040. The Morgan fingerprint density at radius 1 is 1.28 bits per heavy atom. The van der Waals surface area contributed by atoms with E-state index in [0.717, 1.165) is 37.1 Å². The average molecular weight is 461 g/mol. The summed E-state index contributed by atoms with van der Waals surface area (Å²) in [5.41, 5.74) is 1.20. The summed E-state index contributed by atoms with van der Waals surface area (Å²) < 4.78 is 33.1. The molecule has 2 atom stereocenters. The molecule has 0 aromatic carbocycles. The van der Waals surface area contributed by atoms with E-state index in [4.69, 9.17) is 4.52 Å². The van der Waals surface area contributed by atoms with Crippen molar-refractivity contribution in [1.29, 1.82) is 0 Å². The van der Waals surface area contributed by atoms with Crippen LogP contribution in [-0.4, -0.2) is 47.4 Å².